The number of para-hydroxylation sites is 1. The summed E-state index contributed by atoms with van der Waals surface area (Å²) in [4.78, 5) is 22.0. The summed E-state index contributed by atoms with van der Waals surface area (Å²) in [5.41, 5.74) is 1.41. The maximum absolute atomic E-state index is 12.9. The topological polar surface area (TPSA) is 77.9 Å². The van der Waals surface area contributed by atoms with Crippen LogP contribution in [0, 0.1) is 5.92 Å². The Morgan fingerprint density at radius 2 is 1.89 bits per heavy atom. The molecule has 1 aliphatic heterocycles. The van der Waals surface area contributed by atoms with Gasteiger partial charge >= 0.3 is 0 Å². The summed E-state index contributed by atoms with van der Waals surface area (Å²) in [6.45, 7) is 9.87. The second kappa shape index (κ2) is 11.2. The SMILES string of the molecule is CC(C)[C@@H](CN1CCN(c2cccc(O)c2)[C@@H](C)C1)NC(=O)c1ccc(Oc2ccccc2)cn1. The van der Waals surface area contributed by atoms with E-state index in [1.165, 1.54) is 0 Å². The standard InChI is InChI=1S/C28H34N4O3/c1-20(2)27(19-31-14-15-32(21(3)18-31)22-8-7-9-23(33)16-22)30-28(34)26-13-12-25(17-29-26)35-24-10-5-4-6-11-24/h4-13,16-17,20-21,27,33H,14-15,18-19H2,1-3H3,(H,30,34)/t21-,27+/m0/s1. The molecule has 3 aromatic rings. The number of pyridine rings is 1. The van der Waals surface area contributed by atoms with Crippen molar-refractivity contribution in [3.8, 4) is 17.2 Å². The Bertz CT molecular complexity index is 1100. The Morgan fingerprint density at radius 3 is 2.54 bits per heavy atom. The van der Waals surface area contributed by atoms with Gasteiger partial charge in [0.25, 0.3) is 5.91 Å². The molecule has 7 nitrogen and oxygen atoms in total. The number of hydrogen-bond acceptors (Lipinski definition) is 6. The van der Waals surface area contributed by atoms with Crippen molar-refractivity contribution in [2.45, 2.75) is 32.9 Å². The number of anilines is 1. The second-order valence-corrected chi connectivity index (χ2v) is 9.44. The smallest absolute Gasteiger partial charge is 0.270 e. The minimum Gasteiger partial charge on any atom is -0.508 e. The summed E-state index contributed by atoms with van der Waals surface area (Å²) in [7, 11) is 0. The van der Waals surface area contributed by atoms with E-state index in [1.54, 1.807) is 24.4 Å². The summed E-state index contributed by atoms with van der Waals surface area (Å²) in [5, 5.41) is 13.0. The summed E-state index contributed by atoms with van der Waals surface area (Å²) < 4.78 is 5.77. The molecule has 1 aromatic heterocycles. The van der Waals surface area contributed by atoms with Crippen molar-refractivity contribution in [1.82, 2.24) is 15.2 Å². The fraction of sp³-hybridized carbons (Fsp3) is 0.357. The van der Waals surface area contributed by atoms with Crippen molar-refractivity contribution >= 4 is 11.6 Å². The van der Waals surface area contributed by atoms with E-state index in [1.807, 2.05) is 48.5 Å². The van der Waals surface area contributed by atoms with Crippen LogP contribution < -0.4 is 15.0 Å². The van der Waals surface area contributed by atoms with Crippen LogP contribution >= 0.6 is 0 Å². The molecule has 0 radical (unpaired) electrons. The number of rotatable bonds is 8. The molecule has 1 fully saturated rings. The van der Waals surface area contributed by atoms with Gasteiger partial charge in [-0.05, 0) is 49.2 Å². The molecule has 184 valence electrons. The molecule has 2 aromatic carbocycles. The molecule has 7 heteroatoms. The lowest BCUT2D eigenvalue weighted by molar-refractivity contribution is 0.0898. The van der Waals surface area contributed by atoms with E-state index in [9.17, 15) is 9.90 Å². The van der Waals surface area contributed by atoms with Gasteiger partial charge in [0.15, 0.2) is 0 Å². The van der Waals surface area contributed by atoms with Crippen LogP contribution in [0.1, 0.15) is 31.3 Å². The zero-order valence-electron chi connectivity index (χ0n) is 20.6. The normalized spacial score (nSPS) is 17.3. The highest BCUT2D eigenvalue weighted by atomic mass is 16.5. The largest absolute Gasteiger partial charge is 0.508 e. The van der Waals surface area contributed by atoms with Gasteiger partial charge in [0.05, 0.1) is 6.20 Å². The Hall–Kier alpha value is -3.58. The minimum absolute atomic E-state index is 0.00376. The fourth-order valence-electron chi connectivity index (χ4n) is 4.40. The predicted octanol–water partition coefficient (Wildman–Crippen LogP) is 4.54. The van der Waals surface area contributed by atoms with Crippen LogP contribution in [-0.4, -0.2) is 59.2 Å². The van der Waals surface area contributed by atoms with Crippen LogP contribution in [0.2, 0.25) is 0 Å². The van der Waals surface area contributed by atoms with Crippen LogP contribution in [0.15, 0.2) is 72.9 Å². The number of piperazine rings is 1. The van der Waals surface area contributed by atoms with Gasteiger partial charge in [-0.1, -0.05) is 38.1 Å². The monoisotopic (exact) mass is 474 g/mol. The summed E-state index contributed by atoms with van der Waals surface area (Å²) >= 11 is 0. The van der Waals surface area contributed by atoms with Gasteiger partial charge < -0.3 is 20.1 Å². The van der Waals surface area contributed by atoms with E-state index in [2.05, 4.69) is 40.9 Å². The van der Waals surface area contributed by atoms with E-state index < -0.39 is 0 Å². The van der Waals surface area contributed by atoms with Gasteiger partial charge in [-0.2, -0.15) is 0 Å². The van der Waals surface area contributed by atoms with Gasteiger partial charge in [-0.15, -0.1) is 0 Å². The lowest BCUT2D eigenvalue weighted by Crippen LogP contribution is -2.56. The molecule has 1 aliphatic rings. The Kier molecular flexibility index (Phi) is 7.87. The van der Waals surface area contributed by atoms with Crippen molar-refractivity contribution in [3.05, 3.63) is 78.6 Å². The maximum atomic E-state index is 12.9. The summed E-state index contributed by atoms with van der Waals surface area (Å²) in [5.74, 6) is 1.70. The lowest BCUT2D eigenvalue weighted by atomic mass is 10.0. The van der Waals surface area contributed by atoms with Crippen LogP contribution in [0.3, 0.4) is 0 Å². The summed E-state index contributed by atoms with van der Waals surface area (Å²) in [6.07, 6.45) is 1.58. The van der Waals surface area contributed by atoms with E-state index >= 15 is 0 Å². The number of carbonyl (C=O) groups excluding carboxylic acids is 1. The zero-order valence-corrected chi connectivity index (χ0v) is 20.6. The molecule has 0 aliphatic carbocycles. The molecule has 4 rings (SSSR count). The average molecular weight is 475 g/mol. The minimum atomic E-state index is -0.179. The van der Waals surface area contributed by atoms with Crippen LogP contribution in [0.5, 0.6) is 17.2 Å². The number of phenols is 1. The molecule has 2 N–H and O–H groups in total. The first-order valence-electron chi connectivity index (χ1n) is 12.2. The third-order valence-electron chi connectivity index (χ3n) is 6.40. The van der Waals surface area contributed by atoms with Crippen LogP contribution in [0.25, 0.3) is 0 Å². The van der Waals surface area contributed by atoms with Crippen molar-refractivity contribution in [3.63, 3.8) is 0 Å². The number of hydrogen-bond donors (Lipinski definition) is 2. The van der Waals surface area contributed by atoms with Gasteiger partial charge in [0.1, 0.15) is 22.9 Å². The Morgan fingerprint density at radius 1 is 1.09 bits per heavy atom. The van der Waals surface area contributed by atoms with Crippen molar-refractivity contribution in [1.29, 1.82) is 0 Å². The predicted molar refractivity (Wildman–Crippen MR) is 138 cm³/mol. The zero-order chi connectivity index (χ0) is 24.8. The average Bonchev–Trinajstić information content (AvgIpc) is 2.84. The fourth-order valence-corrected chi connectivity index (χ4v) is 4.40. The number of benzene rings is 2. The van der Waals surface area contributed by atoms with Gasteiger partial charge in [0, 0.05) is 50.0 Å². The van der Waals surface area contributed by atoms with Crippen LogP contribution in [-0.2, 0) is 0 Å². The summed E-state index contributed by atoms with van der Waals surface area (Å²) in [6, 6.07) is 20.7. The third kappa shape index (κ3) is 6.51. The molecule has 35 heavy (non-hydrogen) atoms. The van der Waals surface area contributed by atoms with Gasteiger partial charge in [-0.25, -0.2) is 4.98 Å². The number of aromatic nitrogens is 1. The Balaban J connectivity index is 1.33. The van der Waals surface area contributed by atoms with Crippen molar-refractivity contribution in [2.75, 3.05) is 31.1 Å². The van der Waals surface area contributed by atoms with Crippen molar-refractivity contribution < 1.29 is 14.6 Å². The highest BCUT2D eigenvalue weighted by Gasteiger charge is 2.27. The first-order valence-corrected chi connectivity index (χ1v) is 12.2. The molecule has 0 spiro atoms. The van der Waals surface area contributed by atoms with E-state index in [0.717, 1.165) is 37.6 Å². The highest BCUT2D eigenvalue weighted by Crippen LogP contribution is 2.25. The first kappa shape index (κ1) is 24.5. The lowest BCUT2D eigenvalue weighted by Gasteiger charge is -2.42. The number of ether oxygens (including phenoxy) is 1. The molecule has 0 saturated carbocycles. The number of phenolic OH excluding ortho intramolecular Hbond substituents is 1. The third-order valence-corrected chi connectivity index (χ3v) is 6.40. The molecule has 2 heterocycles. The molecular weight excluding hydrogens is 440 g/mol. The molecule has 0 unspecified atom stereocenters. The molecule has 0 bridgehead atoms. The first-order chi connectivity index (χ1) is 16.9. The quantitative estimate of drug-likeness (QED) is 0.499. The maximum Gasteiger partial charge on any atom is 0.270 e. The van der Waals surface area contributed by atoms with Crippen molar-refractivity contribution in [2.24, 2.45) is 5.92 Å². The number of carbonyl (C=O) groups is 1. The number of amides is 1. The number of nitrogens with one attached hydrogen (secondary N) is 1. The Labute approximate surface area is 207 Å². The van der Waals surface area contributed by atoms with Gasteiger partial charge in [0.2, 0.25) is 0 Å². The molecule has 1 amide bonds. The highest BCUT2D eigenvalue weighted by molar-refractivity contribution is 5.92. The van der Waals surface area contributed by atoms with Crippen LogP contribution in [0.4, 0.5) is 5.69 Å². The molecular formula is C28H34N4O3. The van der Waals surface area contributed by atoms with E-state index in [4.69, 9.17) is 4.74 Å². The van der Waals surface area contributed by atoms with E-state index in [-0.39, 0.29) is 23.6 Å². The molecule has 2 atom stereocenters. The number of nitrogens with zero attached hydrogens (tertiary/aromatic N) is 3. The molecule has 1 saturated heterocycles. The van der Waals surface area contributed by atoms with E-state index in [0.29, 0.717) is 17.5 Å². The number of aromatic hydroxyl groups is 1. The van der Waals surface area contributed by atoms with Gasteiger partial charge in [-0.3, -0.25) is 9.69 Å². The second-order valence-electron chi connectivity index (χ2n) is 9.44.